The van der Waals surface area contributed by atoms with Crippen molar-refractivity contribution in [3.8, 4) is 5.75 Å². The molecule has 1 aromatic carbocycles. The zero-order valence-corrected chi connectivity index (χ0v) is 13.0. The smallest absolute Gasteiger partial charge is 0.119 e. The fraction of sp³-hybridized carbons (Fsp3) is 0.667. The summed E-state index contributed by atoms with van der Waals surface area (Å²) in [4.78, 5) is 0. The van der Waals surface area contributed by atoms with Gasteiger partial charge in [-0.05, 0) is 49.4 Å². The second kappa shape index (κ2) is 7.12. The first kappa shape index (κ1) is 15.4. The van der Waals surface area contributed by atoms with Gasteiger partial charge in [-0.15, -0.1) is 0 Å². The number of ether oxygens (including phenoxy) is 1. The van der Waals surface area contributed by atoms with Gasteiger partial charge in [0.2, 0.25) is 0 Å². The zero-order valence-electron chi connectivity index (χ0n) is 13.0. The van der Waals surface area contributed by atoms with E-state index in [1.165, 1.54) is 37.7 Å². The summed E-state index contributed by atoms with van der Waals surface area (Å²) in [5.74, 6) is 1.56. The third kappa shape index (κ3) is 3.99. The van der Waals surface area contributed by atoms with Gasteiger partial charge in [-0.2, -0.15) is 0 Å². The molecule has 0 spiro atoms. The normalized spacial score (nSPS) is 18.2. The molecule has 0 radical (unpaired) electrons. The van der Waals surface area contributed by atoms with Crippen LogP contribution >= 0.6 is 0 Å². The van der Waals surface area contributed by atoms with Crippen LogP contribution in [0.25, 0.3) is 0 Å². The molecule has 112 valence electrons. The maximum atomic E-state index is 6.14. The van der Waals surface area contributed by atoms with Crippen LogP contribution in [0.4, 0.5) is 0 Å². The summed E-state index contributed by atoms with van der Waals surface area (Å²) < 4.78 is 6.14. The highest BCUT2D eigenvalue weighted by molar-refractivity contribution is 5.30. The monoisotopic (exact) mass is 275 g/mol. The molecule has 0 atom stereocenters. The molecule has 0 unspecified atom stereocenters. The summed E-state index contributed by atoms with van der Waals surface area (Å²) >= 11 is 0. The maximum Gasteiger partial charge on any atom is 0.119 e. The van der Waals surface area contributed by atoms with Gasteiger partial charge in [0, 0.05) is 5.41 Å². The van der Waals surface area contributed by atoms with E-state index in [9.17, 15) is 0 Å². The van der Waals surface area contributed by atoms with E-state index in [4.69, 9.17) is 10.5 Å². The lowest BCUT2D eigenvalue weighted by molar-refractivity contribution is 0.0898. The molecule has 0 aromatic heterocycles. The minimum Gasteiger partial charge on any atom is -0.493 e. The van der Waals surface area contributed by atoms with Crippen molar-refractivity contribution in [2.45, 2.75) is 58.3 Å². The van der Waals surface area contributed by atoms with Gasteiger partial charge in [0.15, 0.2) is 0 Å². The van der Waals surface area contributed by atoms with E-state index >= 15 is 0 Å². The number of benzene rings is 1. The van der Waals surface area contributed by atoms with Crippen LogP contribution in [0.5, 0.6) is 5.75 Å². The summed E-state index contributed by atoms with van der Waals surface area (Å²) in [6.45, 7) is 6.04. The fourth-order valence-corrected chi connectivity index (χ4v) is 3.27. The summed E-state index contributed by atoms with van der Waals surface area (Å²) in [7, 11) is 0. The Kier molecular flexibility index (Phi) is 5.47. The van der Waals surface area contributed by atoms with Crippen molar-refractivity contribution in [3.63, 3.8) is 0 Å². The van der Waals surface area contributed by atoms with Crippen LogP contribution in [0.1, 0.15) is 63.9 Å². The molecule has 0 aliphatic heterocycles. The van der Waals surface area contributed by atoms with Gasteiger partial charge in [0.05, 0.1) is 6.61 Å². The molecular formula is C18H29NO. The highest BCUT2D eigenvalue weighted by Crippen LogP contribution is 2.39. The molecule has 0 bridgehead atoms. The third-order valence-electron chi connectivity index (χ3n) is 4.66. The van der Waals surface area contributed by atoms with E-state index < -0.39 is 0 Å². The predicted molar refractivity (Wildman–Crippen MR) is 85.2 cm³/mol. The van der Waals surface area contributed by atoms with Crippen molar-refractivity contribution in [2.24, 2.45) is 11.1 Å². The summed E-state index contributed by atoms with van der Waals surface area (Å²) in [6, 6.07) is 8.53. The van der Waals surface area contributed by atoms with Crippen LogP contribution in [-0.4, -0.2) is 13.2 Å². The molecule has 0 heterocycles. The quantitative estimate of drug-likeness (QED) is 0.830. The second-order valence-corrected chi connectivity index (χ2v) is 6.62. The molecule has 1 aromatic rings. The van der Waals surface area contributed by atoms with Crippen molar-refractivity contribution in [1.29, 1.82) is 0 Å². The number of hydrogen-bond acceptors (Lipinski definition) is 2. The Morgan fingerprint density at radius 3 is 2.60 bits per heavy atom. The Morgan fingerprint density at radius 2 is 1.95 bits per heavy atom. The summed E-state index contributed by atoms with van der Waals surface area (Å²) in [5.41, 5.74) is 7.49. The van der Waals surface area contributed by atoms with Gasteiger partial charge >= 0.3 is 0 Å². The number of hydrogen-bond donors (Lipinski definition) is 1. The average molecular weight is 275 g/mol. The number of rotatable bonds is 6. The minimum absolute atomic E-state index is 0.320. The Balaban J connectivity index is 2.00. The van der Waals surface area contributed by atoms with E-state index in [1.54, 1.807) is 0 Å². The van der Waals surface area contributed by atoms with Crippen molar-refractivity contribution < 1.29 is 4.74 Å². The number of nitrogens with two attached hydrogens (primary N) is 1. The molecule has 20 heavy (non-hydrogen) atoms. The Hall–Kier alpha value is -1.02. The maximum absolute atomic E-state index is 6.14. The molecule has 0 saturated heterocycles. The van der Waals surface area contributed by atoms with E-state index in [-0.39, 0.29) is 0 Å². The van der Waals surface area contributed by atoms with Gasteiger partial charge in [-0.1, -0.05) is 45.2 Å². The third-order valence-corrected chi connectivity index (χ3v) is 4.66. The lowest BCUT2D eigenvalue weighted by Crippen LogP contribution is -2.33. The lowest BCUT2D eigenvalue weighted by Gasteiger charge is -2.36. The first-order valence-electron chi connectivity index (χ1n) is 8.08. The first-order valence-corrected chi connectivity index (χ1v) is 8.08. The Labute approximate surface area is 123 Å². The first-order chi connectivity index (χ1) is 9.65. The minimum atomic E-state index is 0.320. The van der Waals surface area contributed by atoms with Gasteiger partial charge < -0.3 is 10.5 Å². The van der Waals surface area contributed by atoms with E-state index in [2.05, 4.69) is 38.1 Å². The van der Waals surface area contributed by atoms with Crippen molar-refractivity contribution >= 4 is 0 Å². The standard InChI is InChI=1S/C18H29NO/c1-15(2)16-7-6-8-17(13-16)20-14-18(11-12-19)9-4-3-5-10-18/h6-8,13,15H,3-5,9-12,14,19H2,1-2H3. The molecule has 1 saturated carbocycles. The van der Waals surface area contributed by atoms with Crippen LogP contribution in [-0.2, 0) is 0 Å². The van der Waals surface area contributed by atoms with Crippen LogP contribution < -0.4 is 10.5 Å². The van der Waals surface area contributed by atoms with Crippen molar-refractivity contribution in [2.75, 3.05) is 13.2 Å². The fourth-order valence-electron chi connectivity index (χ4n) is 3.27. The van der Waals surface area contributed by atoms with Crippen LogP contribution in [0.2, 0.25) is 0 Å². The molecule has 1 aliphatic rings. The van der Waals surface area contributed by atoms with Gasteiger partial charge in [-0.25, -0.2) is 0 Å². The lowest BCUT2D eigenvalue weighted by atomic mass is 9.72. The van der Waals surface area contributed by atoms with E-state index in [0.717, 1.165) is 25.3 Å². The van der Waals surface area contributed by atoms with Gasteiger partial charge in [0.25, 0.3) is 0 Å². The highest BCUT2D eigenvalue weighted by atomic mass is 16.5. The van der Waals surface area contributed by atoms with E-state index in [1.807, 2.05) is 0 Å². The van der Waals surface area contributed by atoms with Gasteiger partial charge in [0.1, 0.15) is 5.75 Å². The molecule has 2 rings (SSSR count). The second-order valence-electron chi connectivity index (χ2n) is 6.62. The summed E-state index contributed by atoms with van der Waals surface area (Å²) in [5, 5.41) is 0. The average Bonchev–Trinajstić information content (AvgIpc) is 2.47. The molecule has 2 heteroatoms. The predicted octanol–water partition coefficient (Wildman–Crippen LogP) is 4.49. The largest absolute Gasteiger partial charge is 0.493 e. The molecule has 1 fully saturated rings. The highest BCUT2D eigenvalue weighted by Gasteiger charge is 2.32. The van der Waals surface area contributed by atoms with Crippen LogP contribution in [0.15, 0.2) is 24.3 Å². The Bertz CT molecular complexity index is 402. The van der Waals surface area contributed by atoms with Crippen LogP contribution in [0.3, 0.4) is 0 Å². The van der Waals surface area contributed by atoms with E-state index in [0.29, 0.717) is 11.3 Å². The topological polar surface area (TPSA) is 35.2 Å². The SMILES string of the molecule is CC(C)c1cccc(OCC2(CCN)CCCCC2)c1. The molecule has 0 amide bonds. The molecule has 2 N–H and O–H groups in total. The Morgan fingerprint density at radius 1 is 1.20 bits per heavy atom. The molecular weight excluding hydrogens is 246 g/mol. The van der Waals surface area contributed by atoms with Crippen molar-refractivity contribution in [1.82, 2.24) is 0 Å². The summed E-state index contributed by atoms with van der Waals surface area (Å²) in [6.07, 6.45) is 7.67. The van der Waals surface area contributed by atoms with Crippen LogP contribution in [0, 0.1) is 5.41 Å². The molecule has 2 nitrogen and oxygen atoms in total. The van der Waals surface area contributed by atoms with Crippen molar-refractivity contribution in [3.05, 3.63) is 29.8 Å². The zero-order chi connectivity index (χ0) is 14.4. The molecule has 1 aliphatic carbocycles. The van der Waals surface area contributed by atoms with Gasteiger partial charge in [-0.3, -0.25) is 0 Å².